The second-order valence-corrected chi connectivity index (χ2v) is 5.44. The van der Waals surface area contributed by atoms with E-state index in [0.717, 1.165) is 19.2 Å². The van der Waals surface area contributed by atoms with Gasteiger partial charge in [-0.15, -0.1) is 0 Å². The molecule has 5 nitrogen and oxygen atoms in total. The fraction of sp³-hybridized carbons (Fsp3) is 1.00. The molecule has 2 fully saturated rings. The highest BCUT2D eigenvalue weighted by Gasteiger charge is 2.28. The van der Waals surface area contributed by atoms with E-state index in [1.165, 1.54) is 32.4 Å². The summed E-state index contributed by atoms with van der Waals surface area (Å²) in [5.74, 6) is 0. The minimum Gasteiger partial charge on any atom is -0.382 e. The van der Waals surface area contributed by atoms with Crippen LogP contribution in [0.15, 0.2) is 0 Å². The van der Waals surface area contributed by atoms with Crippen LogP contribution in [0.4, 0.5) is 0 Å². The fourth-order valence-electron chi connectivity index (χ4n) is 2.88. The first kappa shape index (κ1) is 15.2. The van der Waals surface area contributed by atoms with E-state index in [4.69, 9.17) is 14.2 Å². The molecule has 2 aliphatic rings. The molecule has 2 heterocycles. The zero-order chi connectivity index (χ0) is 13.3. The first-order chi connectivity index (χ1) is 9.38. The predicted octanol–water partition coefficient (Wildman–Crippen LogP) is 0.492. The van der Waals surface area contributed by atoms with E-state index in [1.54, 1.807) is 7.11 Å². The molecule has 0 aromatic carbocycles. The molecule has 19 heavy (non-hydrogen) atoms. The van der Waals surface area contributed by atoms with Gasteiger partial charge < -0.3 is 19.5 Å². The molecule has 2 rings (SSSR count). The van der Waals surface area contributed by atoms with Crippen LogP contribution in [0.5, 0.6) is 0 Å². The summed E-state index contributed by atoms with van der Waals surface area (Å²) in [4.78, 5) is 2.53. The highest BCUT2D eigenvalue weighted by atomic mass is 16.5. The van der Waals surface area contributed by atoms with Crippen molar-refractivity contribution in [2.75, 3.05) is 59.8 Å². The van der Waals surface area contributed by atoms with Crippen molar-refractivity contribution in [2.45, 2.75) is 31.3 Å². The molecular weight excluding hydrogens is 244 g/mol. The van der Waals surface area contributed by atoms with Crippen molar-refractivity contribution in [3.05, 3.63) is 0 Å². The van der Waals surface area contributed by atoms with E-state index < -0.39 is 0 Å². The number of rotatable bonds is 9. The Balaban J connectivity index is 1.45. The van der Waals surface area contributed by atoms with Gasteiger partial charge in [-0.2, -0.15) is 0 Å². The molecule has 0 amide bonds. The van der Waals surface area contributed by atoms with Crippen LogP contribution in [0, 0.1) is 0 Å². The van der Waals surface area contributed by atoms with Gasteiger partial charge in [-0.3, -0.25) is 4.90 Å². The summed E-state index contributed by atoms with van der Waals surface area (Å²) in [6.07, 6.45) is 4.00. The number of nitrogens with one attached hydrogen (secondary N) is 1. The number of likely N-dealkylation sites (tertiary alicyclic amines) is 1. The maximum absolute atomic E-state index is 5.61. The van der Waals surface area contributed by atoms with Crippen molar-refractivity contribution >= 4 is 0 Å². The Bertz CT molecular complexity index is 241. The van der Waals surface area contributed by atoms with Crippen LogP contribution in [0.3, 0.4) is 0 Å². The number of hydrogen-bond donors (Lipinski definition) is 1. The van der Waals surface area contributed by atoms with E-state index in [-0.39, 0.29) is 0 Å². The molecule has 2 atom stereocenters. The van der Waals surface area contributed by atoms with Crippen LogP contribution in [-0.2, 0) is 14.2 Å². The van der Waals surface area contributed by atoms with E-state index in [1.807, 2.05) is 0 Å². The van der Waals surface area contributed by atoms with Gasteiger partial charge in [-0.1, -0.05) is 0 Å². The largest absolute Gasteiger partial charge is 0.382 e. The molecule has 0 aliphatic carbocycles. The molecule has 5 heteroatoms. The van der Waals surface area contributed by atoms with E-state index in [9.17, 15) is 0 Å². The Morgan fingerprint density at radius 1 is 0.947 bits per heavy atom. The smallest absolute Gasteiger partial charge is 0.0701 e. The first-order valence-electron chi connectivity index (χ1n) is 7.51. The topological polar surface area (TPSA) is 43.0 Å². The van der Waals surface area contributed by atoms with E-state index >= 15 is 0 Å². The molecule has 2 saturated heterocycles. The highest BCUT2D eigenvalue weighted by Crippen LogP contribution is 2.19. The zero-order valence-corrected chi connectivity index (χ0v) is 12.1. The van der Waals surface area contributed by atoms with Crippen LogP contribution >= 0.6 is 0 Å². The van der Waals surface area contributed by atoms with Gasteiger partial charge in [0.2, 0.25) is 0 Å². The van der Waals surface area contributed by atoms with Crippen molar-refractivity contribution < 1.29 is 14.2 Å². The first-order valence-corrected chi connectivity index (χ1v) is 7.51. The summed E-state index contributed by atoms with van der Waals surface area (Å²) in [6, 6.07) is 1.48. The predicted molar refractivity (Wildman–Crippen MR) is 74.5 cm³/mol. The van der Waals surface area contributed by atoms with E-state index in [2.05, 4.69) is 10.2 Å². The molecule has 2 bridgehead atoms. The third kappa shape index (κ3) is 5.75. The Hall–Kier alpha value is -0.200. The van der Waals surface area contributed by atoms with Gasteiger partial charge >= 0.3 is 0 Å². The fourth-order valence-corrected chi connectivity index (χ4v) is 2.88. The Labute approximate surface area is 116 Å². The second kappa shape index (κ2) is 8.87. The SMILES string of the molecule is COCCOCCOCCN1CCC2CCC(C1)N2. The molecule has 0 aromatic heterocycles. The number of nitrogens with zero attached hydrogens (tertiary/aromatic N) is 1. The normalized spacial score (nSPS) is 27.6. The van der Waals surface area contributed by atoms with Crippen molar-refractivity contribution in [1.29, 1.82) is 0 Å². The molecule has 112 valence electrons. The molecule has 2 aliphatic heterocycles. The summed E-state index contributed by atoms with van der Waals surface area (Å²) >= 11 is 0. The van der Waals surface area contributed by atoms with Gasteiger partial charge in [-0.05, 0) is 25.8 Å². The quantitative estimate of drug-likeness (QED) is 0.619. The third-order valence-corrected chi connectivity index (χ3v) is 3.96. The monoisotopic (exact) mass is 272 g/mol. The van der Waals surface area contributed by atoms with Crippen LogP contribution in [0.25, 0.3) is 0 Å². The number of hydrogen-bond acceptors (Lipinski definition) is 5. The van der Waals surface area contributed by atoms with Crippen molar-refractivity contribution in [3.8, 4) is 0 Å². The Morgan fingerprint density at radius 2 is 1.68 bits per heavy atom. The number of methoxy groups -OCH3 is 1. The Kier molecular flexibility index (Phi) is 7.09. The maximum atomic E-state index is 5.61. The lowest BCUT2D eigenvalue weighted by Crippen LogP contribution is -2.37. The molecule has 1 N–H and O–H groups in total. The molecule has 0 saturated carbocycles. The molecular formula is C14H28N2O3. The lowest BCUT2D eigenvalue weighted by atomic mass is 10.1. The van der Waals surface area contributed by atoms with Crippen molar-refractivity contribution in [1.82, 2.24) is 10.2 Å². The highest BCUT2D eigenvalue weighted by molar-refractivity contribution is 4.89. The van der Waals surface area contributed by atoms with Gasteiger partial charge in [0.1, 0.15) is 0 Å². The maximum Gasteiger partial charge on any atom is 0.0701 e. The number of ether oxygens (including phenoxy) is 3. The van der Waals surface area contributed by atoms with Crippen LogP contribution in [0.1, 0.15) is 19.3 Å². The van der Waals surface area contributed by atoms with Crippen LogP contribution < -0.4 is 5.32 Å². The Morgan fingerprint density at radius 3 is 2.53 bits per heavy atom. The van der Waals surface area contributed by atoms with Crippen LogP contribution in [0.2, 0.25) is 0 Å². The van der Waals surface area contributed by atoms with Gasteiger partial charge in [0.15, 0.2) is 0 Å². The summed E-state index contributed by atoms with van der Waals surface area (Å²) in [5, 5.41) is 3.70. The molecule has 2 unspecified atom stereocenters. The average Bonchev–Trinajstić information content (AvgIpc) is 2.75. The van der Waals surface area contributed by atoms with Gasteiger partial charge in [-0.25, -0.2) is 0 Å². The van der Waals surface area contributed by atoms with Gasteiger partial charge in [0.25, 0.3) is 0 Å². The minimum atomic E-state index is 0.653. The van der Waals surface area contributed by atoms with Crippen LogP contribution in [-0.4, -0.2) is 76.8 Å². The van der Waals surface area contributed by atoms with Gasteiger partial charge in [0, 0.05) is 32.3 Å². The standard InChI is InChI=1S/C14H28N2O3/c1-17-8-9-19-11-10-18-7-6-16-5-4-13-2-3-14(12-16)15-13/h13-15H,2-12H2,1H3. The van der Waals surface area contributed by atoms with Crippen molar-refractivity contribution in [2.24, 2.45) is 0 Å². The molecule has 0 radical (unpaired) electrons. The van der Waals surface area contributed by atoms with Crippen molar-refractivity contribution in [3.63, 3.8) is 0 Å². The third-order valence-electron chi connectivity index (χ3n) is 3.96. The second-order valence-electron chi connectivity index (χ2n) is 5.44. The average molecular weight is 272 g/mol. The molecule has 0 aromatic rings. The van der Waals surface area contributed by atoms with E-state index in [0.29, 0.717) is 32.5 Å². The molecule has 0 spiro atoms. The summed E-state index contributed by atoms with van der Waals surface area (Å²) < 4.78 is 15.9. The number of fused-ring (bicyclic) bond motifs is 2. The zero-order valence-electron chi connectivity index (χ0n) is 12.1. The minimum absolute atomic E-state index is 0.653. The van der Waals surface area contributed by atoms with Gasteiger partial charge in [0.05, 0.1) is 33.0 Å². The summed E-state index contributed by atoms with van der Waals surface area (Å²) in [7, 11) is 1.68. The lowest BCUT2D eigenvalue weighted by molar-refractivity contribution is 0.0192. The lowest BCUT2D eigenvalue weighted by Gasteiger charge is -2.23. The summed E-state index contributed by atoms with van der Waals surface area (Å²) in [6.45, 7) is 6.90. The summed E-state index contributed by atoms with van der Waals surface area (Å²) in [5.41, 5.74) is 0.